The predicted octanol–water partition coefficient (Wildman–Crippen LogP) is 6.84. The lowest BCUT2D eigenvalue weighted by atomic mass is 9.99. The van der Waals surface area contributed by atoms with E-state index >= 15 is 0 Å². The van der Waals surface area contributed by atoms with Gasteiger partial charge < -0.3 is 17.3 Å². The standard InChI is InChI=1S/C15H29P.BF4/c1-13(2)16(14-9-5-3-6-10-14)15-11-7-4-8-12-15;2-1(3,4)5/h13-15H,3-12H2,1-2H3;/q;-1. The monoisotopic (exact) mass is 327 g/mol. The summed E-state index contributed by atoms with van der Waals surface area (Å²) >= 11 is 0. The zero-order valence-electron chi connectivity index (χ0n) is 13.3. The summed E-state index contributed by atoms with van der Waals surface area (Å²) < 4.78 is 39.0. The van der Waals surface area contributed by atoms with E-state index in [1.807, 2.05) is 0 Å². The van der Waals surface area contributed by atoms with Crippen LogP contribution in [0.2, 0.25) is 0 Å². The van der Waals surface area contributed by atoms with E-state index in [2.05, 4.69) is 13.8 Å². The molecule has 0 heterocycles. The van der Waals surface area contributed by atoms with Gasteiger partial charge in [0.1, 0.15) is 0 Å². The molecule has 0 unspecified atom stereocenters. The number of hydrogen-bond donors (Lipinski definition) is 0. The van der Waals surface area contributed by atoms with Crippen molar-refractivity contribution in [1.82, 2.24) is 0 Å². The molecule has 6 heteroatoms. The molecule has 2 aliphatic rings. The predicted molar refractivity (Wildman–Crippen MR) is 86.0 cm³/mol. The van der Waals surface area contributed by atoms with Gasteiger partial charge in [-0.2, -0.15) is 0 Å². The van der Waals surface area contributed by atoms with E-state index in [0.717, 1.165) is 17.0 Å². The second-order valence-electron chi connectivity index (χ2n) is 6.62. The maximum absolute atomic E-state index is 9.75. The Balaban J connectivity index is 0.000000383. The molecule has 0 aromatic carbocycles. The average Bonchev–Trinajstić information content (AvgIpc) is 2.39. The average molecular weight is 327 g/mol. The highest BCUT2D eigenvalue weighted by Gasteiger charge is 2.32. The van der Waals surface area contributed by atoms with Crippen LogP contribution >= 0.6 is 7.92 Å². The van der Waals surface area contributed by atoms with Gasteiger partial charge in [-0.1, -0.05) is 60.3 Å². The van der Waals surface area contributed by atoms with Gasteiger partial charge in [0.15, 0.2) is 0 Å². The van der Waals surface area contributed by atoms with Crippen LogP contribution in [0.1, 0.15) is 78.1 Å². The Kier molecular flexibility index (Phi) is 8.60. The zero-order chi connectivity index (χ0) is 15.9. The Morgan fingerprint density at radius 1 is 0.714 bits per heavy atom. The molecule has 0 amide bonds. The molecule has 2 fully saturated rings. The third kappa shape index (κ3) is 8.42. The largest absolute Gasteiger partial charge is 0.673 e. The molecule has 0 spiro atoms. The van der Waals surface area contributed by atoms with Crippen LogP contribution in [-0.4, -0.2) is 24.2 Å². The molecule has 0 N–H and O–H groups in total. The summed E-state index contributed by atoms with van der Waals surface area (Å²) in [5.41, 5.74) is 3.28. The Bertz CT molecular complexity index is 247. The lowest BCUT2D eigenvalue weighted by Crippen LogP contribution is -2.24. The molecular formula is C15H29BF4P-. The molecular weight excluding hydrogens is 298 g/mol. The first-order valence-electron chi connectivity index (χ1n) is 8.44. The molecule has 0 saturated heterocycles. The Morgan fingerprint density at radius 3 is 1.24 bits per heavy atom. The van der Waals surface area contributed by atoms with Crippen molar-refractivity contribution in [3.8, 4) is 0 Å². The summed E-state index contributed by atoms with van der Waals surface area (Å²) in [6, 6.07) is 0. The molecule has 0 aromatic rings. The van der Waals surface area contributed by atoms with Gasteiger partial charge in [0, 0.05) is 0 Å². The second-order valence-corrected chi connectivity index (χ2v) is 10.0. The van der Waals surface area contributed by atoms with Crippen molar-refractivity contribution in [1.29, 1.82) is 0 Å². The molecule has 0 bridgehead atoms. The Hall–Kier alpha value is 0.215. The number of hydrogen-bond acceptors (Lipinski definition) is 0. The van der Waals surface area contributed by atoms with Crippen LogP contribution in [0.5, 0.6) is 0 Å². The van der Waals surface area contributed by atoms with E-state index in [0.29, 0.717) is 7.92 Å². The van der Waals surface area contributed by atoms with Crippen LogP contribution in [0.25, 0.3) is 0 Å². The first kappa shape index (κ1) is 19.3. The van der Waals surface area contributed by atoms with E-state index in [1.54, 1.807) is 25.7 Å². The maximum Gasteiger partial charge on any atom is 0.673 e. The quantitative estimate of drug-likeness (QED) is 0.302. The molecule has 0 aliphatic heterocycles. The molecule has 0 aromatic heterocycles. The minimum Gasteiger partial charge on any atom is -0.418 e. The minimum absolute atomic E-state index is 0.344. The molecule has 126 valence electrons. The van der Waals surface area contributed by atoms with Gasteiger partial charge >= 0.3 is 7.25 Å². The normalized spacial score (nSPS) is 22.3. The van der Waals surface area contributed by atoms with Crippen molar-refractivity contribution < 1.29 is 17.3 Å². The van der Waals surface area contributed by atoms with Gasteiger partial charge in [0.05, 0.1) is 0 Å². The molecule has 21 heavy (non-hydrogen) atoms. The highest BCUT2D eigenvalue weighted by molar-refractivity contribution is 7.59. The van der Waals surface area contributed by atoms with Crippen LogP contribution in [0.4, 0.5) is 17.3 Å². The lowest BCUT2D eigenvalue weighted by Gasteiger charge is -2.41. The highest BCUT2D eigenvalue weighted by atomic mass is 31.1. The van der Waals surface area contributed by atoms with Crippen LogP contribution in [0, 0.1) is 0 Å². The van der Waals surface area contributed by atoms with Crippen molar-refractivity contribution in [3.05, 3.63) is 0 Å². The van der Waals surface area contributed by atoms with Gasteiger partial charge in [0.25, 0.3) is 0 Å². The summed E-state index contributed by atoms with van der Waals surface area (Å²) in [6.45, 7) is 5.02. The van der Waals surface area contributed by atoms with Gasteiger partial charge in [-0.05, 0) is 42.7 Å². The minimum atomic E-state index is -6.00. The topological polar surface area (TPSA) is 0 Å². The summed E-state index contributed by atoms with van der Waals surface area (Å²) in [5.74, 6) is 0. The van der Waals surface area contributed by atoms with E-state index in [9.17, 15) is 17.3 Å². The highest BCUT2D eigenvalue weighted by Crippen LogP contribution is 2.58. The molecule has 0 radical (unpaired) electrons. The van der Waals surface area contributed by atoms with E-state index in [-0.39, 0.29) is 0 Å². The first-order valence-corrected chi connectivity index (χ1v) is 9.98. The van der Waals surface area contributed by atoms with Gasteiger partial charge in [-0.3, -0.25) is 0 Å². The Labute approximate surface area is 128 Å². The lowest BCUT2D eigenvalue weighted by molar-refractivity contribution is 0.368. The van der Waals surface area contributed by atoms with Crippen LogP contribution in [0.3, 0.4) is 0 Å². The summed E-state index contributed by atoms with van der Waals surface area (Å²) in [5, 5.41) is 0. The van der Waals surface area contributed by atoms with Gasteiger partial charge in [-0.15, -0.1) is 0 Å². The second kappa shape index (κ2) is 9.38. The van der Waals surface area contributed by atoms with Crippen molar-refractivity contribution >= 4 is 15.2 Å². The molecule has 0 atom stereocenters. The third-order valence-electron chi connectivity index (χ3n) is 4.59. The van der Waals surface area contributed by atoms with Crippen molar-refractivity contribution in [2.75, 3.05) is 0 Å². The molecule has 0 nitrogen and oxygen atoms in total. The van der Waals surface area contributed by atoms with Crippen LogP contribution < -0.4 is 0 Å². The van der Waals surface area contributed by atoms with E-state index in [1.165, 1.54) is 38.5 Å². The van der Waals surface area contributed by atoms with Crippen molar-refractivity contribution in [3.63, 3.8) is 0 Å². The van der Waals surface area contributed by atoms with Crippen molar-refractivity contribution in [2.24, 2.45) is 0 Å². The molecule has 2 saturated carbocycles. The fourth-order valence-corrected chi connectivity index (χ4v) is 8.11. The first-order chi connectivity index (χ1) is 9.79. The van der Waals surface area contributed by atoms with E-state index < -0.39 is 7.25 Å². The smallest absolute Gasteiger partial charge is 0.418 e. The molecule has 2 aliphatic carbocycles. The SMILES string of the molecule is CC(C)P(C1CCCCC1)C1CCCCC1.F[B-](F)(F)F. The maximum atomic E-state index is 9.75. The van der Waals surface area contributed by atoms with E-state index in [4.69, 9.17) is 0 Å². The summed E-state index contributed by atoms with van der Waals surface area (Å²) in [4.78, 5) is 0. The summed E-state index contributed by atoms with van der Waals surface area (Å²) in [7, 11) is -5.66. The fourth-order valence-electron chi connectivity index (χ4n) is 3.90. The fraction of sp³-hybridized carbons (Fsp3) is 1.00. The molecule has 2 rings (SSSR count). The third-order valence-corrected chi connectivity index (χ3v) is 8.50. The van der Waals surface area contributed by atoms with Gasteiger partial charge in [-0.25, -0.2) is 0 Å². The van der Waals surface area contributed by atoms with Gasteiger partial charge in [0.2, 0.25) is 0 Å². The van der Waals surface area contributed by atoms with Crippen LogP contribution in [0.15, 0.2) is 0 Å². The van der Waals surface area contributed by atoms with Crippen LogP contribution in [-0.2, 0) is 0 Å². The Morgan fingerprint density at radius 2 is 1.00 bits per heavy atom. The number of rotatable bonds is 3. The van der Waals surface area contributed by atoms with Crippen molar-refractivity contribution in [2.45, 2.75) is 95.0 Å². The zero-order valence-corrected chi connectivity index (χ0v) is 14.2. The summed E-state index contributed by atoms with van der Waals surface area (Å²) in [6.07, 6.45) is 15.4. The number of halogens is 4.